The van der Waals surface area contributed by atoms with E-state index in [2.05, 4.69) is 5.32 Å². The molecule has 4 nitrogen and oxygen atoms in total. The number of aryl methyl sites for hydroxylation is 1. The third-order valence-electron chi connectivity index (χ3n) is 3.72. The molecule has 0 saturated carbocycles. The maximum absolute atomic E-state index is 13.7. The number of nitrogens with one attached hydrogen (secondary N) is 1. The van der Waals surface area contributed by atoms with E-state index in [0.717, 1.165) is 16.3 Å². The standard InChI is InChI=1S/C20H16FNO3/c1-13-6-9-18(17(21)10-13)22-19(23)12-25-20(24)16-8-7-14-4-2-3-5-15(14)11-16/h2-11H,12H2,1H3,(H,22,23). The summed E-state index contributed by atoms with van der Waals surface area (Å²) in [4.78, 5) is 23.9. The zero-order chi connectivity index (χ0) is 17.8. The van der Waals surface area contributed by atoms with E-state index in [-0.39, 0.29) is 5.69 Å². The minimum Gasteiger partial charge on any atom is -0.452 e. The topological polar surface area (TPSA) is 55.4 Å². The van der Waals surface area contributed by atoms with Gasteiger partial charge in [0.1, 0.15) is 5.82 Å². The van der Waals surface area contributed by atoms with Crippen molar-refractivity contribution in [3.8, 4) is 0 Å². The summed E-state index contributed by atoms with van der Waals surface area (Å²) in [6.45, 7) is 1.26. The predicted octanol–water partition coefficient (Wildman–Crippen LogP) is 4.08. The number of benzene rings is 3. The van der Waals surface area contributed by atoms with Gasteiger partial charge in [0.2, 0.25) is 0 Å². The highest BCUT2D eigenvalue weighted by atomic mass is 19.1. The number of esters is 1. The van der Waals surface area contributed by atoms with E-state index in [0.29, 0.717) is 5.56 Å². The van der Waals surface area contributed by atoms with Gasteiger partial charge >= 0.3 is 5.97 Å². The zero-order valence-corrected chi connectivity index (χ0v) is 13.6. The zero-order valence-electron chi connectivity index (χ0n) is 13.6. The summed E-state index contributed by atoms with van der Waals surface area (Å²) < 4.78 is 18.7. The molecule has 0 bridgehead atoms. The van der Waals surface area contributed by atoms with Crippen molar-refractivity contribution in [2.24, 2.45) is 0 Å². The Morgan fingerprint density at radius 3 is 2.52 bits per heavy atom. The van der Waals surface area contributed by atoms with Crippen LogP contribution in [-0.2, 0) is 9.53 Å². The van der Waals surface area contributed by atoms with Crippen molar-refractivity contribution in [2.45, 2.75) is 6.92 Å². The highest BCUT2D eigenvalue weighted by Crippen LogP contribution is 2.17. The molecule has 1 N–H and O–H groups in total. The van der Waals surface area contributed by atoms with Crippen molar-refractivity contribution in [1.82, 2.24) is 0 Å². The third kappa shape index (κ3) is 4.01. The Balaban J connectivity index is 1.61. The smallest absolute Gasteiger partial charge is 0.338 e. The maximum Gasteiger partial charge on any atom is 0.338 e. The lowest BCUT2D eigenvalue weighted by molar-refractivity contribution is -0.119. The fourth-order valence-corrected chi connectivity index (χ4v) is 2.44. The van der Waals surface area contributed by atoms with E-state index in [9.17, 15) is 14.0 Å². The van der Waals surface area contributed by atoms with Crippen LogP contribution in [-0.4, -0.2) is 18.5 Å². The Kier molecular flexibility index (Phi) is 4.75. The summed E-state index contributed by atoms with van der Waals surface area (Å²) >= 11 is 0. The maximum atomic E-state index is 13.7. The largest absolute Gasteiger partial charge is 0.452 e. The van der Waals surface area contributed by atoms with E-state index in [1.54, 1.807) is 25.1 Å². The van der Waals surface area contributed by atoms with Crippen molar-refractivity contribution in [1.29, 1.82) is 0 Å². The van der Waals surface area contributed by atoms with Gasteiger partial charge in [-0.3, -0.25) is 4.79 Å². The molecule has 0 aliphatic rings. The van der Waals surface area contributed by atoms with E-state index < -0.39 is 24.3 Å². The van der Waals surface area contributed by atoms with Gasteiger partial charge in [-0.2, -0.15) is 0 Å². The molecular formula is C20H16FNO3. The number of carbonyl (C=O) groups excluding carboxylic acids is 2. The monoisotopic (exact) mass is 337 g/mol. The van der Waals surface area contributed by atoms with Crippen LogP contribution in [0.4, 0.5) is 10.1 Å². The molecule has 0 atom stereocenters. The highest BCUT2D eigenvalue weighted by Gasteiger charge is 2.12. The SMILES string of the molecule is Cc1ccc(NC(=O)COC(=O)c2ccc3ccccc3c2)c(F)c1. The summed E-state index contributed by atoms with van der Waals surface area (Å²) in [7, 11) is 0. The molecule has 3 aromatic rings. The van der Waals surface area contributed by atoms with Crippen LogP contribution in [0.2, 0.25) is 0 Å². The van der Waals surface area contributed by atoms with Crippen molar-refractivity contribution in [3.05, 3.63) is 77.6 Å². The Morgan fingerprint density at radius 1 is 1.00 bits per heavy atom. The molecule has 0 heterocycles. The van der Waals surface area contributed by atoms with Gasteiger partial charge in [-0.25, -0.2) is 9.18 Å². The van der Waals surface area contributed by atoms with Gasteiger partial charge in [0, 0.05) is 0 Å². The number of hydrogen-bond donors (Lipinski definition) is 1. The van der Waals surface area contributed by atoms with Crippen LogP contribution < -0.4 is 5.32 Å². The number of anilines is 1. The molecule has 3 rings (SSSR count). The summed E-state index contributed by atoms with van der Waals surface area (Å²) in [6.07, 6.45) is 0. The predicted molar refractivity (Wildman–Crippen MR) is 94.0 cm³/mol. The van der Waals surface area contributed by atoms with Gasteiger partial charge in [-0.1, -0.05) is 36.4 Å². The van der Waals surface area contributed by atoms with Crippen LogP contribution in [0.1, 0.15) is 15.9 Å². The van der Waals surface area contributed by atoms with Crippen LogP contribution in [0.3, 0.4) is 0 Å². The second kappa shape index (κ2) is 7.13. The Labute approximate surface area is 144 Å². The lowest BCUT2D eigenvalue weighted by Gasteiger charge is -2.08. The Bertz CT molecular complexity index is 953. The summed E-state index contributed by atoms with van der Waals surface area (Å²) in [6, 6.07) is 17.2. The summed E-state index contributed by atoms with van der Waals surface area (Å²) in [5.41, 5.74) is 1.16. The molecule has 3 aromatic carbocycles. The second-order valence-electron chi connectivity index (χ2n) is 5.67. The first-order valence-electron chi connectivity index (χ1n) is 7.75. The van der Waals surface area contributed by atoms with Gasteiger partial charge in [-0.15, -0.1) is 0 Å². The van der Waals surface area contributed by atoms with Crippen molar-refractivity contribution in [2.75, 3.05) is 11.9 Å². The molecule has 0 fully saturated rings. The lowest BCUT2D eigenvalue weighted by Crippen LogP contribution is -2.21. The van der Waals surface area contributed by atoms with E-state index in [4.69, 9.17) is 4.74 Å². The molecule has 0 aliphatic carbocycles. The first kappa shape index (κ1) is 16.6. The average molecular weight is 337 g/mol. The van der Waals surface area contributed by atoms with E-state index in [1.807, 2.05) is 30.3 Å². The number of fused-ring (bicyclic) bond motifs is 1. The number of halogens is 1. The van der Waals surface area contributed by atoms with Crippen LogP contribution >= 0.6 is 0 Å². The van der Waals surface area contributed by atoms with Gasteiger partial charge < -0.3 is 10.1 Å². The van der Waals surface area contributed by atoms with Crippen LogP contribution in [0.15, 0.2) is 60.7 Å². The van der Waals surface area contributed by atoms with Crippen molar-refractivity contribution >= 4 is 28.3 Å². The summed E-state index contributed by atoms with van der Waals surface area (Å²) in [5, 5.41) is 4.29. The number of ether oxygens (including phenoxy) is 1. The molecule has 126 valence electrons. The minimum absolute atomic E-state index is 0.0531. The molecule has 0 aromatic heterocycles. The lowest BCUT2D eigenvalue weighted by atomic mass is 10.1. The average Bonchev–Trinajstić information content (AvgIpc) is 2.61. The minimum atomic E-state index is -0.606. The molecule has 5 heteroatoms. The number of amides is 1. The number of rotatable bonds is 4. The molecule has 0 aliphatic heterocycles. The van der Waals surface area contributed by atoms with Crippen LogP contribution in [0.5, 0.6) is 0 Å². The van der Waals surface area contributed by atoms with Gasteiger partial charge in [0.05, 0.1) is 11.3 Å². The van der Waals surface area contributed by atoms with Gasteiger partial charge in [-0.05, 0) is 47.5 Å². The Hall–Kier alpha value is -3.21. The van der Waals surface area contributed by atoms with Crippen molar-refractivity contribution < 1.29 is 18.7 Å². The number of hydrogen-bond acceptors (Lipinski definition) is 3. The van der Waals surface area contributed by atoms with Gasteiger partial charge in [0.25, 0.3) is 5.91 Å². The fraction of sp³-hybridized carbons (Fsp3) is 0.100. The second-order valence-corrected chi connectivity index (χ2v) is 5.67. The first-order chi connectivity index (χ1) is 12.0. The van der Waals surface area contributed by atoms with Crippen LogP contribution in [0.25, 0.3) is 10.8 Å². The van der Waals surface area contributed by atoms with Crippen molar-refractivity contribution in [3.63, 3.8) is 0 Å². The molecule has 1 amide bonds. The third-order valence-corrected chi connectivity index (χ3v) is 3.72. The molecule has 0 saturated heterocycles. The first-order valence-corrected chi connectivity index (χ1v) is 7.75. The molecule has 25 heavy (non-hydrogen) atoms. The van der Waals surface area contributed by atoms with E-state index in [1.165, 1.54) is 12.1 Å². The van der Waals surface area contributed by atoms with E-state index >= 15 is 0 Å². The molecule has 0 spiro atoms. The normalized spacial score (nSPS) is 10.5. The Morgan fingerprint density at radius 2 is 1.76 bits per heavy atom. The molecule has 0 radical (unpaired) electrons. The van der Waals surface area contributed by atoms with Gasteiger partial charge in [0.15, 0.2) is 6.61 Å². The van der Waals surface area contributed by atoms with Crippen LogP contribution in [0, 0.1) is 12.7 Å². The number of carbonyl (C=O) groups is 2. The highest BCUT2D eigenvalue weighted by molar-refractivity contribution is 5.98. The molecule has 0 unspecified atom stereocenters. The fourth-order valence-electron chi connectivity index (χ4n) is 2.44. The summed E-state index contributed by atoms with van der Waals surface area (Å²) in [5.74, 6) is -1.74. The quantitative estimate of drug-likeness (QED) is 0.730. The molecular weight excluding hydrogens is 321 g/mol.